The van der Waals surface area contributed by atoms with Gasteiger partial charge in [0.15, 0.2) is 5.13 Å². The summed E-state index contributed by atoms with van der Waals surface area (Å²) >= 11 is 2.45. The van der Waals surface area contributed by atoms with Gasteiger partial charge >= 0.3 is 5.97 Å². The monoisotopic (exact) mass is 394 g/mol. The van der Waals surface area contributed by atoms with Gasteiger partial charge < -0.3 is 14.7 Å². The molecule has 26 heavy (non-hydrogen) atoms. The highest BCUT2D eigenvalue weighted by molar-refractivity contribution is 7.17. The van der Waals surface area contributed by atoms with Crippen molar-refractivity contribution in [1.29, 1.82) is 0 Å². The van der Waals surface area contributed by atoms with Crippen molar-refractivity contribution in [1.82, 2.24) is 10.4 Å². The molecule has 2 aromatic heterocycles. The van der Waals surface area contributed by atoms with E-state index in [2.05, 4.69) is 20.4 Å². The molecule has 1 fully saturated rings. The van der Waals surface area contributed by atoms with E-state index in [1.54, 1.807) is 19.9 Å². The molecular weight excluding hydrogens is 376 g/mol. The maximum Gasteiger partial charge on any atom is 0.345 e. The van der Waals surface area contributed by atoms with Crippen LogP contribution in [0.4, 0.5) is 5.13 Å². The van der Waals surface area contributed by atoms with Crippen LogP contribution in [0.1, 0.15) is 36.8 Å². The molecule has 0 saturated carbocycles. The standard InChI is InChI=1S/C16H18N4O4S2/c1-9(11-3-4-12(25-11)15(22)23)18-19-14(21)13-10(2)17-16(26-13)20-5-7-24-8-6-20/h3-4H,5-8H2,1-2H3,(H,19,21)(H,22,23)/b18-9-. The average molecular weight is 394 g/mol. The number of aromatic nitrogens is 1. The van der Waals surface area contributed by atoms with Crippen LogP contribution in [0.2, 0.25) is 0 Å². The summed E-state index contributed by atoms with van der Waals surface area (Å²) in [6.45, 7) is 6.34. The molecule has 1 aliphatic rings. The van der Waals surface area contributed by atoms with Crippen LogP contribution in [-0.4, -0.2) is 54.0 Å². The number of morpholine rings is 1. The first kappa shape index (κ1) is 18.5. The van der Waals surface area contributed by atoms with Gasteiger partial charge in [0.2, 0.25) is 0 Å². The van der Waals surface area contributed by atoms with Crippen LogP contribution in [0.25, 0.3) is 0 Å². The van der Waals surface area contributed by atoms with Crippen LogP contribution in [-0.2, 0) is 4.74 Å². The number of carboxylic acid groups (broad SMARTS) is 1. The summed E-state index contributed by atoms with van der Waals surface area (Å²) < 4.78 is 5.33. The summed E-state index contributed by atoms with van der Waals surface area (Å²) in [7, 11) is 0. The van der Waals surface area contributed by atoms with Crippen molar-refractivity contribution in [3.63, 3.8) is 0 Å². The number of hydrogen-bond donors (Lipinski definition) is 2. The summed E-state index contributed by atoms with van der Waals surface area (Å²) in [6, 6.07) is 3.19. The number of hydrogen-bond acceptors (Lipinski definition) is 8. The normalized spacial score (nSPS) is 15.2. The van der Waals surface area contributed by atoms with Crippen molar-refractivity contribution < 1.29 is 19.4 Å². The lowest BCUT2D eigenvalue weighted by molar-refractivity contribution is 0.0702. The third kappa shape index (κ3) is 4.09. The van der Waals surface area contributed by atoms with Crippen LogP contribution in [0.15, 0.2) is 17.2 Å². The fourth-order valence-electron chi connectivity index (χ4n) is 2.37. The first-order chi connectivity index (χ1) is 12.5. The SMILES string of the molecule is C/C(=N/NC(=O)c1sc(N2CCOCC2)nc1C)c1ccc(C(=O)O)s1. The summed E-state index contributed by atoms with van der Waals surface area (Å²) in [5, 5.41) is 13.9. The van der Waals surface area contributed by atoms with Gasteiger partial charge in [-0.25, -0.2) is 15.2 Å². The molecular formula is C16H18N4O4S2. The molecule has 0 aromatic carbocycles. The van der Waals surface area contributed by atoms with Crippen LogP contribution >= 0.6 is 22.7 Å². The summed E-state index contributed by atoms with van der Waals surface area (Å²) in [5.74, 6) is -1.30. The van der Waals surface area contributed by atoms with E-state index < -0.39 is 5.97 Å². The molecule has 0 atom stereocenters. The molecule has 2 N–H and O–H groups in total. The number of nitrogens with one attached hydrogen (secondary N) is 1. The Morgan fingerprint density at radius 2 is 1.96 bits per heavy atom. The Hall–Kier alpha value is -2.30. The number of aromatic carboxylic acids is 1. The number of thiophene rings is 1. The summed E-state index contributed by atoms with van der Waals surface area (Å²) in [5.41, 5.74) is 3.73. The maximum atomic E-state index is 12.4. The Morgan fingerprint density at radius 3 is 2.62 bits per heavy atom. The smallest absolute Gasteiger partial charge is 0.345 e. The lowest BCUT2D eigenvalue weighted by atomic mass is 10.3. The third-order valence-electron chi connectivity index (χ3n) is 3.77. The lowest BCUT2D eigenvalue weighted by Crippen LogP contribution is -2.36. The molecule has 1 aliphatic heterocycles. The highest BCUT2D eigenvalue weighted by atomic mass is 32.1. The van der Waals surface area contributed by atoms with Crippen molar-refractivity contribution in [3.05, 3.63) is 32.5 Å². The van der Waals surface area contributed by atoms with Crippen molar-refractivity contribution in [2.24, 2.45) is 5.10 Å². The molecule has 138 valence electrons. The molecule has 1 amide bonds. The van der Waals surface area contributed by atoms with Gasteiger partial charge in [-0.2, -0.15) is 5.10 Å². The van der Waals surface area contributed by atoms with Crippen LogP contribution < -0.4 is 10.3 Å². The van der Waals surface area contributed by atoms with Gasteiger partial charge in [-0.05, 0) is 26.0 Å². The molecule has 1 saturated heterocycles. The van der Waals surface area contributed by atoms with E-state index in [1.165, 1.54) is 17.4 Å². The van der Waals surface area contributed by atoms with E-state index >= 15 is 0 Å². The van der Waals surface area contributed by atoms with Crippen molar-refractivity contribution in [2.45, 2.75) is 13.8 Å². The highest BCUT2D eigenvalue weighted by Crippen LogP contribution is 2.26. The topological polar surface area (TPSA) is 104 Å². The van der Waals surface area contributed by atoms with Crippen molar-refractivity contribution >= 4 is 45.4 Å². The summed E-state index contributed by atoms with van der Waals surface area (Å²) in [4.78, 5) is 31.4. The van der Waals surface area contributed by atoms with Crippen molar-refractivity contribution in [2.75, 3.05) is 31.2 Å². The number of carbonyl (C=O) groups is 2. The van der Waals surface area contributed by atoms with E-state index in [9.17, 15) is 9.59 Å². The van der Waals surface area contributed by atoms with Gasteiger partial charge in [0.05, 0.1) is 29.5 Å². The number of rotatable bonds is 5. The first-order valence-corrected chi connectivity index (χ1v) is 9.57. The third-order valence-corrected chi connectivity index (χ3v) is 6.17. The molecule has 0 bridgehead atoms. The minimum atomic E-state index is -0.978. The second-order valence-electron chi connectivity index (χ2n) is 5.62. The highest BCUT2D eigenvalue weighted by Gasteiger charge is 2.20. The minimum Gasteiger partial charge on any atom is -0.477 e. The van der Waals surface area contributed by atoms with E-state index in [-0.39, 0.29) is 10.8 Å². The zero-order valence-corrected chi connectivity index (χ0v) is 15.9. The molecule has 0 spiro atoms. The number of anilines is 1. The summed E-state index contributed by atoms with van der Waals surface area (Å²) in [6.07, 6.45) is 0. The molecule has 10 heteroatoms. The number of amides is 1. The molecule has 0 unspecified atom stereocenters. The second-order valence-corrected chi connectivity index (χ2v) is 7.68. The van der Waals surface area contributed by atoms with Crippen LogP contribution in [0, 0.1) is 6.92 Å². The number of hydrazone groups is 1. The Labute approximate surface area is 158 Å². The molecule has 3 heterocycles. The average Bonchev–Trinajstić information content (AvgIpc) is 3.27. The minimum absolute atomic E-state index is 0.231. The zero-order chi connectivity index (χ0) is 18.7. The van der Waals surface area contributed by atoms with Gasteiger partial charge in [0.25, 0.3) is 5.91 Å². The molecule has 0 radical (unpaired) electrons. The van der Waals surface area contributed by atoms with Crippen LogP contribution in [0.5, 0.6) is 0 Å². The molecule has 2 aromatic rings. The number of carbonyl (C=O) groups excluding carboxylic acids is 1. The predicted octanol–water partition coefficient (Wildman–Crippen LogP) is 2.20. The molecule has 0 aliphatic carbocycles. The number of ether oxygens (including phenoxy) is 1. The van der Waals surface area contributed by atoms with E-state index in [4.69, 9.17) is 9.84 Å². The zero-order valence-electron chi connectivity index (χ0n) is 14.3. The number of nitrogens with zero attached hydrogens (tertiary/aromatic N) is 3. The molecule has 3 rings (SSSR count). The molecule has 8 nitrogen and oxygen atoms in total. The Bertz CT molecular complexity index is 852. The maximum absolute atomic E-state index is 12.4. The lowest BCUT2D eigenvalue weighted by Gasteiger charge is -2.25. The second kappa shape index (κ2) is 7.94. The van der Waals surface area contributed by atoms with E-state index in [0.29, 0.717) is 34.4 Å². The van der Waals surface area contributed by atoms with Crippen LogP contribution in [0.3, 0.4) is 0 Å². The number of carboxylic acids is 1. The fraction of sp³-hybridized carbons (Fsp3) is 0.375. The predicted molar refractivity (Wildman–Crippen MR) is 101 cm³/mol. The Morgan fingerprint density at radius 1 is 1.27 bits per heavy atom. The number of aryl methyl sites for hydroxylation is 1. The van der Waals surface area contributed by atoms with Crippen molar-refractivity contribution in [3.8, 4) is 0 Å². The fourth-order valence-corrected chi connectivity index (χ4v) is 4.17. The quantitative estimate of drug-likeness (QED) is 0.595. The largest absolute Gasteiger partial charge is 0.477 e. The first-order valence-electron chi connectivity index (χ1n) is 7.94. The van der Waals surface area contributed by atoms with Gasteiger partial charge in [0, 0.05) is 13.1 Å². The van der Waals surface area contributed by atoms with Gasteiger partial charge in [0.1, 0.15) is 9.75 Å². The Balaban J connectivity index is 1.69. The van der Waals surface area contributed by atoms with Gasteiger partial charge in [-0.15, -0.1) is 11.3 Å². The van der Waals surface area contributed by atoms with Gasteiger partial charge in [-0.3, -0.25) is 4.79 Å². The van der Waals surface area contributed by atoms with Gasteiger partial charge in [-0.1, -0.05) is 11.3 Å². The van der Waals surface area contributed by atoms with E-state index in [0.717, 1.165) is 29.6 Å². The number of thiazole rings is 1. The Kier molecular flexibility index (Phi) is 5.64. The van der Waals surface area contributed by atoms with E-state index in [1.807, 2.05) is 0 Å².